The number of aryl methyl sites for hydroxylation is 1. The number of nitrogens with zero attached hydrogens (tertiary/aromatic N) is 3. The molecule has 6 heteroatoms. The van der Waals surface area contributed by atoms with Crippen LogP contribution in [0.15, 0.2) is 29.2 Å². The zero-order valence-corrected chi connectivity index (χ0v) is 12.3. The molecule has 21 heavy (non-hydrogen) atoms. The van der Waals surface area contributed by atoms with Crippen molar-refractivity contribution in [2.24, 2.45) is 0 Å². The number of hydrogen-bond acceptors (Lipinski definition) is 4. The minimum absolute atomic E-state index is 0.0141. The molecule has 2 aromatic heterocycles. The summed E-state index contributed by atoms with van der Waals surface area (Å²) in [5, 5.41) is 4.41. The number of aromatic nitrogens is 2. The number of amides is 1. The van der Waals surface area contributed by atoms with Crippen LogP contribution >= 0.6 is 0 Å². The van der Waals surface area contributed by atoms with Crippen molar-refractivity contribution in [2.45, 2.75) is 25.9 Å². The highest BCUT2D eigenvalue weighted by Gasteiger charge is 2.32. The first-order chi connectivity index (χ1) is 10.2. The van der Waals surface area contributed by atoms with E-state index in [1.807, 2.05) is 15.8 Å². The lowest BCUT2D eigenvalue weighted by Crippen LogP contribution is -2.39. The van der Waals surface area contributed by atoms with Gasteiger partial charge in [-0.2, -0.15) is 5.10 Å². The molecular formula is C15H19N3O3. The van der Waals surface area contributed by atoms with Crippen LogP contribution in [-0.4, -0.2) is 40.8 Å². The second-order valence-corrected chi connectivity index (χ2v) is 5.22. The van der Waals surface area contributed by atoms with E-state index in [9.17, 15) is 4.79 Å². The minimum Gasteiger partial charge on any atom is -0.472 e. The van der Waals surface area contributed by atoms with E-state index >= 15 is 0 Å². The quantitative estimate of drug-likeness (QED) is 0.862. The number of furan rings is 1. The Kier molecular flexibility index (Phi) is 3.79. The minimum atomic E-state index is -0.0141. The third kappa shape index (κ3) is 2.47. The van der Waals surface area contributed by atoms with Crippen molar-refractivity contribution in [3.05, 3.63) is 41.6 Å². The monoisotopic (exact) mass is 289 g/mol. The standard InChI is InChI=1S/C15H19N3O3/c1-3-18-14-12(6-16-18)7-17(8-13(14)9-20-2)15(19)11-4-5-21-10-11/h4-6,10,13H,3,7-9H2,1-2H3. The average Bonchev–Trinajstić information content (AvgIpc) is 3.16. The number of fused-ring (bicyclic) bond motifs is 1. The van der Waals surface area contributed by atoms with Gasteiger partial charge >= 0.3 is 0 Å². The van der Waals surface area contributed by atoms with E-state index in [0.29, 0.717) is 25.3 Å². The molecular weight excluding hydrogens is 270 g/mol. The highest BCUT2D eigenvalue weighted by molar-refractivity contribution is 5.94. The van der Waals surface area contributed by atoms with E-state index < -0.39 is 0 Å². The first-order valence-electron chi connectivity index (χ1n) is 7.09. The van der Waals surface area contributed by atoms with E-state index in [4.69, 9.17) is 9.15 Å². The summed E-state index contributed by atoms with van der Waals surface area (Å²) < 4.78 is 12.3. The predicted molar refractivity (Wildman–Crippen MR) is 76.0 cm³/mol. The lowest BCUT2D eigenvalue weighted by Gasteiger charge is -2.33. The molecule has 0 saturated carbocycles. The van der Waals surface area contributed by atoms with Crippen LogP contribution in [0.3, 0.4) is 0 Å². The molecule has 1 atom stereocenters. The van der Waals surface area contributed by atoms with Gasteiger partial charge in [0.05, 0.1) is 30.3 Å². The van der Waals surface area contributed by atoms with E-state index in [0.717, 1.165) is 12.1 Å². The Bertz CT molecular complexity index is 618. The van der Waals surface area contributed by atoms with Crippen LogP contribution in [0.1, 0.15) is 34.5 Å². The summed E-state index contributed by atoms with van der Waals surface area (Å²) in [4.78, 5) is 14.3. The highest BCUT2D eigenvalue weighted by Crippen LogP contribution is 2.29. The van der Waals surface area contributed by atoms with Gasteiger partial charge in [-0.1, -0.05) is 0 Å². The van der Waals surface area contributed by atoms with Crippen molar-refractivity contribution in [2.75, 3.05) is 20.3 Å². The smallest absolute Gasteiger partial charge is 0.257 e. The third-order valence-electron chi connectivity index (χ3n) is 3.87. The maximum Gasteiger partial charge on any atom is 0.257 e. The molecule has 1 unspecified atom stereocenters. The van der Waals surface area contributed by atoms with Gasteiger partial charge in [0, 0.05) is 38.2 Å². The number of methoxy groups -OCH3 is 1. The van der Waals surface area contributed by atoms with Crippen molar-refractivity contribution in [1.82, 2.24) is 14.7 Å². The molecule has 3 rings (SSSR count). The van der Waals surface area contributed by atoms with E-state index in [1.165, 1.54) is 18.2 Å². The van der Waals surface area contributed by atoms with Gasteiger partial charge in [-0.15, -0.1) is 0 Å². The molecule has 1 aliphatic heterocycles. The largest absolute Gasteiger partial charge is 0.472 e. The topological polar surface area (TPSA) is 60.5 Å². The summed E-state index contributed by atoms with van der Waals surface area (Å²) in [6.45, 7) is 4.69. The van der Waals surface area contributed by atoms with E-state index in [1.54, 1.807) is 13.2 Å². The van der Waals surface area contributed by atoms with Crippen LogP contribution in [0.2, 0.25) is 0 Å². The van der Waals surface area contributed by atoms with Crippen molar-refractivity contribution >= 4 is 5.91 Å². The molecule has 0 radical (unpaired) electrons. The van der Waals surface area contributed by atoms with Crippen LogP contribution in [0.5, 0.6) is 0 Å². The Balaban J connectivity index is 1.89. The molecule has 1 aliphatic rings. The fourth-order valence-electron chi connectivity index (χ4n) is 2.96. The second kappa shape index (κ2) is 5.73. The van der Waals surface area contributed by atoms with Crippen molar-refractivity contribution in [1.29, 1.82) is 0 Å². The predicted octanol–water partition coefficient (Wildman–Crippen LogP) is 1.88. The SMILES string of the molecule is CCn1ncc2c1C(COC)CN(C(=O)c1ccoc1)C2. The summed E-state index contributed by atoms with van der Waals surface area (Å²) in [6, 6.07) is 1.69. The molecule has 0 saturated heterocycles. The summed E-state index contributed by atoms with van der Waals surface area (Å²) >= 11 is 0. The van der Waals surface area contributed by atoms with Gasteiger partial charge in [0.1, 0.15) is 6.26 Å². The lowest BCUT2D eigenvalue weighted by atomic mass is 9.96. The zero-order chi connectivity index (χ0) is 14.8. The van der Waals surface area contributed by atoms with Gasteiger partial charge in [-0.3, -0.25) is 9.48 Å². The molecule has 0 fully saturated rings. The first-order valence-corrected chi connectivity index (χ1v) is 7.09. The Morgan fingerprint density at radius 3 is 3.10 bits per heavy atom. The molecule has 0 spiro atoms. The van der Waals surface area contributed by atoms with Crippen molar-refractivity contribution in [3.8, 4) is 0 Å². The first kappa shape index (κ1) is 13.9. The Labute approximate surface area is 123 Å². The van der Waals surface area contributed by atoms with Crippen molar-refractivity contribution in [3.63, 3.8) is 0 Å². The van der Waals surface area contributed by atoms with Crippen LogP contribution in [-0.2, 0) is 17.8 Å². The maximum absolute atomic E-state index is 12.5. The molecule has 6 nitrogen and oxygen atoms in total. The number of ether oxygens (including phenoxy) is 1. The fourth-order valence-corrected chi connectivity index (χ4v) is 2.96. The van der Waals surface area contributed by atoms with Crippen LogP contribution in [0, 0.1) is 0 Å². The van der Waals surface area contributed by atoms with Gasteiger partial charge in [0.25, 0.3) is 5.91 Å². The lowest BCUT2D eigenvalue weighted by molar-refractivity contribution is 0.0674. The number of carbonyl (C=O) groups excluding carboxylic acids is 1. The molecule has 2 aromatic rings. The molecule has 0 N–H and O–H groups in total. The van der Waals surface area contributed by atoms with Gasteiger partial charge < -0.3 is 14.1 Å². The Hall–Kier alpha value is -2.08. The molecule has 0 bridgehead atoms. The Morgan fingerprint density at radius 1 is 1.57 bits per heavy atom. The molecule has 1 amide bonds. The molecule has 3 heterocycles. The van der Waals surface area contributed by atoms with Crippen LogP contribution < -0.4 is 0 Å². The summed E-state index contributed by atoms with van der Waals surface area (Å²) in [6.07, 6.45) is 4.86. The van der Waals surface area contributed by atoms with Gasteiger partial charge in [0.2, 0.25) is 0 Å². The zero-order valence-electron chi connectivity index (χ0n) is 12.3. The number of rotatable bonds is 4. The van der Waals surface area contributed by atoms with E-state index in [-0.39, 0.29) is 11.8 Å². The van der Waals surface area contributed by atoms with Crippen LogP contribution in [0.4, 0.5) is 0 Å². The summed E-state index contributed by atoms with van der Waals surface area (Å²) in [5.74, 6) is 0.136. The maximum atomic E-state index is 12.5. The summed E-state index contributed by atoms with van der Waals surface area (Å²) in [7, 11) is 1.68. The number of carbonyl (C=O) groups is 1. The molecule has 0 aliphatic carbocycles. The third-order valence-corrected chi connectivity index (χ3v) is 3.87. The Morgan fingerprint density at radius 2 is 2.43 bits per heavy atom. The highest BCUT2D eigenvalue weighted by atomic mass is 16.5. The summed E-state index contributed by atoms with van der Waals surface area (Å²) in [5.41, 5.74) is 2.87. The van der Waals surface area contributed by atoms with Gasteiger partial charge in [-0.25, -0.2) is 0 Å². The molecule has 112 valence electrons. The second-order valence-electron chi connectivity index (χ2n) is 5.22. The molecule has 0 aromatic carbocycles. The van der Waals surface area contributed by atoms with Gasteiger partial charge in [0.15, 0.2) is 0 Å². The average molecular weight is 289 g/mol. The number of hydrogen-bond donors (Lipinski definition) is 0. The van der Waals surface area contributed by atoms with E-state index in [2.05, 4.69) is 12.0 Å². The van der Waals surface area contributed by atoms with Crippen molar-refractivity contribution < 1.29 is 13.9 Å². The van der Waals surface area contributed by atoms with Gasteiger partial charge in [-0.05, 0) is 13.0 Å². The van der Waals surface area contributed by atoms with Crippen LogP contribution in [0.25, 0.3) is 0 Å². The fraction of sp³-hybridized carbons (Fsp3) is 0.467. The normalized spacial score (nSPS) is 17.8.